The summed E-state index contributed by atoms with van der Waals surface area (Å²) in [5.74, 6) is -0.301. The lowest BCUT2D eigenvalue weighted by Crippen LogP contribution is -2.39. The number of benzene rings is 6. The van der Waals surface area contributed by atoms with Gasteiger partial charge in [0.2, 0.25) is 0 Å². The minimum atomic E-state index is -0.959. The van der Waals surface area contributed by atoms with E-state index >= 15 is 0 Å². The molecule has 0 atom stereocenters. The molecule has 7 aromatic rings. The van der Waals surface area contributed by atoms with Crippen molar-refractivity contribution in [3.05, 3.63) is 196 Å². The van der Waals surface area contributed by atoms with Crippen LogP contribution in [0.1, 0.15) is 39.5 Å². The molecule has 0 unspecified atom stereocenters. The van der Waals surface area contributed by atoms with E-state index in [0.29, 0.717) is 11.4 Å². The van der Waals surface area contributed by atoms with Crippen LogP contribution in [0.2, 0.25) is 0 Å². The Hall–Kier alpha value is -7.47. The molecule has 56 heavy (non-hydrogen) atoms. The van der Waals surface area contributed by atoms with Gasteiger partial charge in [-0.15, -0.1) is 5.10 Å². The average Bonchev–Trinajstić information content (AvgIpc) is 3.74. The number of nitrogens with zero attached hydrogens (tertiary/aromatic N) is 6. The standard InChI is InChI=1S/C44H36N6O6/c1-3-56-43(52)48(40-38(42(51)55-2)24-15-25-39(40)50(53)54)30-31-26-28-32(29-27-31)36-22-13-14-23-37(36)41-45-46-47-49(41)44(33-16-7-4-8-17-33,34-18-9-5-10-19-34)35-20-11-6-12-21-35/h4-29H,3,30H2,1-2H3. The maximum atomic E-state index is 13.4. The fourth-order valence-electron chi connectivity index (χ4n) is 7.06. The van der Waals surface area contributed by atoms with Gasteiger partial charge < -0.3 is 9.47 Å². The Morgan fingerprint density at radius 1 is 0.732 bits per heavy atom. The Kier molecular flexibility index (Phi) is 10.7. The molecule has 1 heterocycles. The summed E-state index contributed by atoms with van der Waals surface area (Å²) in [6.07, 6.45) is -0.855. The molecule has 0 aliphatic heterocycles. The lowest BCUT2D eigenvalue weighted by atomic mass is 9.77. The van der Waals surface area contributed by atoms with Crippen molar-refractivity contribution < 1.29 is 24.0 Å². The highest BCUT2D eigenvalue weighted by Gasteiger charge is 2.42. The van der Waals surface area contributed by atoms with Crippen LogP contribution < -0.4 is 4.90 Å². The number of rotatable bonds is 12. The van der Waals surface area contributed by atoms with Crippen molar-refractivity contribution in [3.8, 4) is 22.5 Å². The van der Waals surface area contributed by atoms with Crippen molar-refractivity contribution in [1.82, 2.24) is 20.2 Å². The number of tetrazole rings is 1. The maximum Gasteiger partial charge on any atom is 0.414 e. The third-order valence-electron chi connectivity index (χ3n) is 9.51. The quantitative estimate of drug-likeness (QED) is 0.0520. The number of nitro groups is 1. The summed E-state index contributed by atoms with van der Waals surface area (Å²) < 4.78 is 12.1. The van der Waals surface area contributed by atoms with Gasteiger partial charge in [0.15, 0.2) is 5.82 Å². The highest BCUT2D eigenvalue weighted by Crippen LogP contribution is 2.43. The average molecular weight is 745 g/mol. The van der Waals surface area contributed by atoms with Crippen LogP contribution in [0.3, 0.4) is 0 Å². The van der Waals surface area contributed by atoms with Crippen molar-refractivity contribution in [2.24, 2.45) is 0 Å². The van der Waals surface area contributed by atoms with E-state index in [1.807, 2.05) is 108 Å². The second-order valence-corrected chi connectivity index (χ2v) is 12.7. The minimum Gasteiger partial charge on any atom is -0.465 e. The second-order valence-electron chi connectivity index (χ2n) is 12.7. The molecule has 0 spiro atoms. The normalized spacial score (nSPS) is 11.1. The molecule has 6 aromatic carbocycles. The van der Waals surface area contributed by atoms with Gasteiger partial charge in [-0.05, 0) is 56.8 Å². The fraction of sp³-hybridized carbons (Fsp3) is 0.114. The number of nitro benzene ring substituents is 1. The van der Waals surface area contributed by atoms with Crippen LogP contribution in [0.5, 0.6) is 0 Å². The van der Waals surface area contributed by atoms with E-state index < -0.39 is 28.2 Å². The van der Waals surface area contributed by atoms with Gasteiger partial charge in [0.05, 0.1) is 30.7 Å². The van der Waals surface area contributed by atoms with Crippen LogP contribution in [0, 0.1) is 10.1 Å². The van der Waals surface area contributed by atoms with E-state index in [0.717, 1.165) is 38.3 Å². The zero-order valence-corrected chi connectivity index (χ0v) is 30.6. The first-order chi connectivity index (χ1) is 27.4. The number of carbonyl (C=O) groups excluding carboxylic acids is 2. The molecule has 0 bridgehead atoms. The largest absolute Gasteiger partial charge is 0.465 e. The highest BCUT2D eigenvalue weighted by atomic mass is 16.6. The Morgan fingerprint density at radius 2 is 1.29 bits per heavy atom. The summed E-state index contributed by atoms with van der Waals surface area (Å²) in [6.45, 7) is 1.50. The van der Waals surface area contributed by atoms with Crippen molar-refractivity contribution in [1.29, 1.82) is 0 Å². The molecule has 278 valence electrons. The number of hydrogen-bond donors (Lipinski definition) is 0. The van der Waals surface area contributed by atoms with E-state index in [-0.39, 0.29) is 24.4 Å². The fourth-order valence-corrected chi connectivity index (χ4v) is 7.06. The van der Waals surface area contributed by atoms with Gasteiger partial charge in [-0.3, -0.25) is 15.0 Å². The summed E-state index contributed by atoms with van der Waals surface area (Å²) >= 11 is 0. The van der Waals surface area contributed by atoms with Crippen molar-refractivity contribution in [2.45, 2.75) is 19.0 Å². The van der Waals surface area contributed by atoms with E-state index in [1.165, 1.54) is 25.3 Å². The van der Waals surface area contributed by atoms with Gasteiger partial charge in [0, 0.05) is 11.6 Å². The predicted octanol–water partition coefficient (Wildman–Crippen LogP) is 8.71. The lowest BCUT2D eigenvalue weighted by molar-refractivity contribution is -0.384. The Morgan fingerprint density at radius 3 is 1.82 bits per heavy atom. The molecular weight excluding hydrogens is 709 g/mol. The molecule has 0 saturated heterocycles. The van der Waals surface area contributed by atoms with Crippen LogP contribution in [-0.2, 0) is 21.6 Å². The number of hydrogen-bond acceptors (Lipinski definition) is 9. The van der Waals surface area contributed by atoms with E-state index in [4.69, 9.17) is 14.7 Å². The smallest absolute Gasteiger partial charge is 0.414 e. The van der Waals surface area contributed by atoms with Crippen LogP contribution in [0.25, 0.3) is 22.5 Å². The number of anilines is 1. The molecule has 0 fully saturated rings. The molecule has 0 aliphatic carbocycles. The van der Waals surface area contributed by atoms with Crippen molar-refractivity contribution in [2.75, 3.05) is 18.6 Å². The SMILES string of the molecule is CCOC(=O)N(Cc1ccc(-c2ccccc2-c2nnnn2C(c2ccccc2)(c2ccccc2)c2ccccc2)cc1)c1c(C(=O)OC)cccc1[N+](=O)[O-]. The van der Waals surface area contributed by atoms with Crippen LogP contribution >= 0.6 is 0 Å². The van der Waals surface area contributed by atoms with Gasteiger partial charge in [0.25, 0.3) is 5.69 Å². The summed E-state index contributed by atoms with van der Waals surface area (Å²) in [6, 6.07) is 49.6. The second kappa shape index (κ2) is 16.3. The molecule has 0 aliphatic rings. The molecule has 1 amide bonds. The Balaban J connectivity index is 1.33. The highest BCUT2D eigenvalue weighted by molar-refractivity contribution is 6.03. The third kappa shape index (κ3) is 6.87. The number of methoxy groups -OCH3 is 1. The first kappa shape index (κ1) is 36.9. The topological polar surface area (TPSA) is 143 Å². The zero-order chi connectivity index (χ0) is 39.1. The Bertz CT molecular complexity index is 2380. The van der Waals surface area contributed by atoms with E-state index in [9.17, 15) is 19.7 Å². The number of esters is 1. The van der Waals surface area contributed by atoms with Gasteiger partial charge in [-0.25, -0.2) is 14.3 Å². The van der Waals surface area contributed by atoms with Crippen LogP contribution in [0.4, 0.5) is 16.2 Å². The number of carbonyl (C=O) groups is 2. The number of ether oxygens (including phenoxy) is 2. The molecule has 1 aromatic heterocycles. The van der Waals surface area contributed by atoms with Crippen LogP contribution in [-0.4, -0.2) is 50.9 Å². The molecular formula is C44H36N6O6. The maximum absolute atomic E-state index is 13.4. The van der Waals surface area contributed by atoms with Crippen molar-refractivity contribution in [3.63, 3.8) is 0 Å². The van der Waals surface area contributed by atoms with Gasteiger partial charge >= 0.3 is 12.1 Å². The van der Waals surface area contributed by atoms with E-state index in [1.54, 1.807) is 6.92 Å². The number of amides is 1. The summed E-state index contributed by atoms with van der Waals surface area (Å²) in [7, 11) is 1.17. The summed E-state index contributed by atoms with van der Waals surface area (Å²) in [4.78, 5) is 38.7. The summed E-state index contributed by atoms with van der Waals surface area (Å²) in [5.41, 5.74) is 4.19. The third-order valence-corrected chi connectivity index (χ3v) is 9.51. The predicted molar refractivity (Wildman–Crippen MR) is 211 cm³/mol. The Labute approximate surface area is 322 Å². The van der Waals surface area contributed by atoms with Crippen molar-refractivity contribution >= 4 is 23.4 Å². The van der Waals surface area contributed by atoms with Gasteiger partial charge in [-0.2, -0.15) is 0 Å². The lowest BCUT2D eigenvalue weighted by Gasteiger charge is -2.36. The first-order valence-electron chi connectivity index (χ1n) is 17.8. The van der Waals surface area contributed by atoms with Gasteiger partial charge in [0.1, 0.15) is 11.2 Å². The monoisotopic (exact) mass is 744 g/mol. The molecule has 0 saturated carbocycles. The molecule has 0 radical (unpaired) electrons. The molecule has 0 N–H and O–H groups in total. The van der Waals surface area contributed by atoms with E-state index in [2.05, 4.69) is 46.7 Å². The molecule has 12 nitrogen and oxygen atoms in total. The first-order valence-corrected chi connectivity index (χ1v) is 17.8. The van der Waals surface area contributed by atoms with Crippen LogP contribution in [0.15, 0.2) is 158 Å². The van der Waals surface area contributed by atoms with Gasteiger partial charge in [-0.1, -0.05) is 146 Å². The molecule has 12 heteroatoms. The zero-order valence-electron chi connectivity index (χ0n) is 30.6. The number of aromatic nitrogens is 4. The number of para-hydroxylation sites is 1. The summed E-state index contributed by atoms with van der Waals surface area (Å²) in [5, 5.41) is 25.8. The minimum absolute atomic E-state index is 0.0127. The molecule has 7 rings (SSSR count).